The van der Waals surface area contributed by atoms with Crippen LogP contribution in [-0.4, -0.2) is 23.1 Å². The molecule has 0 saturated heterocycles. The maximum Gasteiger partial charge on any atom is 0.225 e. The summed E-state index contributed by atoms with van der Waals surface area (Å²) in [6.07, 6.45) is 0.945. The Morgan fingerprint density at radius 2 is 2.21 bits per heavy atom. The number of nitrogens with one attached hydrogen (secondary N) is 1. The normalized spacial score (nSPS) is 9.86. The molecule has 0 atom stereocenters. The van der Waals surface area contributed by atoms with Crippen molar-refractivity contribution in [3.63, 3.8) is 0 Å². The zero-order chi connectivity index (χ0) is 10.4. The third-order valence-electron chi connectivity index (χ3n) is 1.53. The first-order chi connectivity index (χ1) is 6.76. The Bertz CT molecular complexity index is 290. The minimum absolute atomic E-state index is 0.231. The van der Waals surface area contributed by atoms with Gasteiger partial charge in [0.15, 0.2) is 0 Å². The highest BCUT2D eigenvalue weighted by Crippen LogP contribution is 2.14. The lowest BCUT2D eigenvalue weighted by Gasteiger charge is -2.07. The van der Waals surface area contributed by atoms with Crippen LogP contribution in [0.25, 0.3) is 0 Å². The third kappa shape index (κ3) is 3.08. The fraction of sp³-hybridized carbons (Fsp3) is 0.556. The minimum atomic E-state index is 0.231. The maximum atomic E-state index is 5.52. The first-order valence-electron chi connectivity index (χ1n) is 4.77. The Morgan fingerprint density at radius 3 is 2.86 bits per heavy atom. The van der Waals surface area contributed by atoms with E-state index in [2.05, 4.69) is 15.3 Å². The molecule has 1 aromatic heterocycles. The third-order valence-corrected chi connectivity index (χ3v) is 1.53. The number of hydrogen-bond donors (Lipinski definition) is 2. The monoisotopic (exact) mass is 196 g/mol. The standard InChI is InChI=1S/C9H16N4O/c1-3-5-14-8-6-7(11-4-2)12-9(10)13-8/h6H,3-5H2,1-2H3,(H3,10,11,12,13). The van der Waals surface area contributed by atoms with Crippen LogP contribution in [-0.2, 0) is 0 Å². The van der Waals surface area contributed by atoms with Gasteiger partial charge in [0, 0.05) is 12.6 Å². The van der Waals surface area contributed by atoms with Gasteiger partial charge in [0.1, 0.15) is 5.82 Å². The van der Waals surface area contributed by atoms with Gasteiger partial charge in [0.25, 0.3) is 0 Å². The van der Waals surface area contributed by atoms with E-state index in [1.165, 1.54) is 0 Å². The molecular formula is C9H16N4O. The van der Waals surface area contributed by atoms with Crippen LogP contribution >= 0.6 is 0 Å². The molecule has 5 heteroatoms. The van der Waals surface area contributed by atoms with Crippen LogP contribution in [0, 0.1) is 0 Å². The van der Waals surface area contributed by atoms with E-state index in [4.69, 9.17) is 10.5 Å². The van der Waals surface area contributed by atoms with Crippen molar-refractivity contribution in [1.29, 1.82) is 0 Å². The topological polar surface area (TPSA) is 73.1 Å². The van der Waals surface area contributed by atoms with Crippen molar-refractivity contribution in [2.75, 3.05) is 24.2 Å². The van der Waals surface area contributed by atoms with E-state index < -0.39 is 0 Å². The van der Waals surface area contributed by atoms with Gasteiger partial charge >= 0.3 is 0 Å². The van der Waals surface area contributed by atoms with Crippen LogP contribution in [0.1, 0.15) is 20.3 Å². The van der Waals surface area contributed by atoms with Crippen LogP contribution in [0.15, 0.2) is 6.07 Å². The molecular weight excluding hydrogens is 180 g/mol. The first kappa shape index (κ1) is 10.6. The average Bonchev–Trinajstić information content (AvgIpc) is 2.14. The number of nitrogens with zero attached hydrogens (tertiary/aromatic N) is 2. The highest BCUT2D eigenvalue weighted by molar-refractivity contribution is 5.42. The number of hydrogen-bond acceptors (Lipinski definition) is 5. The van der Waals surface area contributed by atoms with Crippen molar-refractivity contribution in [2.24, 2.45) is 0 Å². The first-order valence-corrected chi connectivity index (χ1v) is 4.77. The van der Waals surface area contributed by atoms with Crippen molar-refractivity contribution in [1.82, 2.24) is 9.97 Å². The number of nitrogen functional groups attached to an aromatic ring is 1. The molecule has 0 bridgehead atoms. The summed E-state index contributed by atoms with van der Waals surface area (Å²) in [7, 11) is 0. The van der Waals surface area contributed by atoms with Gasteiger partial charge in [-0.05, 0) is 13.3 Å². The smallest absolute Gasteiger partial charge is 0.225 e. The molecule has 0 aliphatic heterocycles. The molecule has 0 aliphatic carbocycles. The molecule has 78 valence electrons. The van der Waals surface area contributed by atoms with Crippen LogP contribution in [0.4, 0.5) is 11.8 Å². The summed E-state index contributed by atoms with van der Waals surface area (Å²) >= 11 is 0. The average molecular weight is 196 g/mol. The van der Waals surface area contributed by atoms with Crippen molar-refractivity contribution in [3.8, 4) is 5.88 Å². The van der Waals surface area contributed by atoms with Gasteiger partial charge in [-0.3, -0.25) is 0 Å². The van der Waals surface area contributed by atoms with E-state index in [1.807, 2.05) is 13.8 Å². The molecule has 0 aliphatic rings. The van der Waals surface area contributed by atoms with Gasteiger partial charge in [0.2, 0.25) is 11.8 Å². The van der Waals surface area contributed by atoms with E-state index in [9.17, 15) is 0 Å². The summed E-state index contributed by atoms with van der Waals surface area (Å²) in [5.41, 5.74) is 5.52. The number of nitrogens with two attached hydrogens (primary N) is 1. The highest BCUT2D eigenvalue weighted by atomic mass is 16.5. The summed E-state index contributed by atoms with van der Waals surface area (Å²) in [4.78, 5) is 7.97. The van der Waals surface area contributed by atoms with Crippen LogP contribution in [0.3, 0.4) is 0 Å². The zero-order valence-corrected chi connectivity index (χ0v) is 8.58. The van der Waals surface area contributed by atoms with Gasteiger partial charge in [-0.2, -0.15) is 9.97 Å². The van der Waals surface area contributed by atoms with Gasteiger partial charge in [-0.25, -0.2) is 0 Å². The predicted molar refractivity (Wildman–Crippen MR) is 56.4 cm³/mol. The van der Waals surface area contributed by atoms with Crippen LogP contribution in [0.2, 0.25) is 0 Å². The van der Waals surface area contributed by atoms with Crippen molar-refractivity contribution >= 4 is 11.8 Å². The quantitative estimate of drug-likeness (QED) is 0.742. The lowest BCUT2D eigenvalue weighted by Crippen LogP contribution is -2.06. The molecule has 0 fully saturated rings. The summed E-state index contributed by atoms with van der Waals surface area (Å²) < 4.78 is 5.35. The van der Waals surface area contributed by atoms with Crippen molar-refractivity contribution < 1.29 is 4.74 Å². The van der Waals surface area contributed by atoms with E-state index in [0.717, 1.165) is 13.0 Å². The number of aromatic nitrogens is 2. The molecule has 14 heavy (non-hydrogen) atoms. The summed E-state index contributed by atoms with van der Waals surface area (Å²) in [5.74, 6) is 1.45. The number of rotatable bonds is 5. The Kier molecular flexibility index (Phi) is 3.97. The van der Waals surface area contributed by atoms with Crippen molar-refractivity contribution in [3.05, 3.63) is 6.07 Å². The molecule has 0 saturated carbocycles. The fourth-order valence-electron chi connectivity index (χ4n) is 0.995. The molecule has 3 N–H and O–H groups in total. The van der Waals surface area contributed by atoms with Crippen LogP contribution < -0.4 is 15.8 Å². The van der Waals surface area contributed by atoms with Gasteiger partial charge in [-0.1, -0.05) is 6.92 Å². The Morgan fingerprint density at radius 1 is 1.43 bits per heavy atom. The second-order valence-electron chi connectivity index (χ2n) is 2.83. The molecule has 0 unspecified atom stereocenters. The largest absolute Gasteiger partial charge is 0.477 e. The second kappa shape index (κ2) is 5.26. The molecule has 1 rings (SSSR count). The van der Waals surface area contributed by atoms with Crippen LogP contribution in [0.5, 0.6) is 5.88 Å². The molecule has 5 nitrogen and oxygen atoms in total. The number of ether oxygens (including phenoxy) is 1. The summed E-state index contributed by atoms with van der Waals surface area (Å²) in [6.45, 7) is 5.46. The fourth-order valence-corrected chi connectivity index (χ4v) is 0.995. The maximum absolute atomic E-state index is 5.52. The van der Waals surface area contributed by atoms with E-state index in [1.54, 1.807) is 6.07 Å². The van der Waals surface area contributed by atoms with Crippen molar-refractivity contribution in [2.45, 2.75) is 20.3 Å². The van der Waals surface area contributed by atoms with Gasteiger partial charge < -0.3 is 15.8 Å². The van der Waals surface area contributed by atoms with E-state index in [0.29, 0.717) is 18.3 Å². The molecule has 1 aromatic rings. The Hall–Kier alpha value is -1.52. The van der Waals surface area contributed by atoms with E-state index >= 15 is 0 Å². The lowest BCUT2D eigenvalue weighted by atomic mass is 10.5. The van der Waals surface area contributed by atoms with Gasteiger partial charge in [-0.15, -0.1) is 0 Å². The Labute approximate surface area is 83.7 Å². The van der Waals surface area contributed by atoms with Gasteiger partial charge in [0.05, 0.1) is 6.61 Å². The second-order valence-corrected chi connectivity index (χ2v) is 2.83. The summed E-state index contributed by atoms with van der Waals surface area (Å²) in [5, 5.41) is 3.05. The molecule has 0 amide bonds. The molecule has 0 aromatic carbocycles. The zero-order valence-electron chi connectivity index (χ0n) is 8.58. The summed E-state index contributed by atoms with van der Waals surface area (Å²) in [6, 6.07) is 1.75. The highest BCUT2D eigenvalue weighted by Gasteiger charge is 2.01. The number of anilines is 2. The molecule has 1 heterocycles. The predicted octanol–water partition coefficient (Wildman–Crippen LogP) is 1.28. The minimum Gasteiger partial charge on any atom is -0.477 e. The lowest BCUT2D eigenvalue weighted by molar-refractivity contribution is 0.305. The molecule has 0 spiro atoms. The Balaban J connectivity index is 2.73. The SMILES string of the molecule is CCCOc1cc(NCC)nc(N)n1. The van der Waals surface area contributed by atoms with E-state index in [-0.39, 0.29) is 5.95 Å². The molecule has 0 radical (unpaired) electrons.